The minimum atomic E-state index is -1.10. The Balaban J connectivity index is 1.42. The van der Waals surface area contributed by atoms with E-state index in [1.165, 1.54) is 49.1 Å². The normalized spacial score (nSPS) is 24.1. The predicted octanol–water partition coefficient (Wildman–Crippen LogP) is 4.51. The predicted molar refractivity (Wildman–Crippen MR) is 134 cm³/mol. The lowest BCUT2D eigenvalue weighted by Gasteiger charge is -2.50. The number of nitrogens with zero attached hydrogens (tertiary/aromatic N) is 3. The van der Waals surface area contributed by atoms with Gasteiger partial charge in [0.1, 0.15) is 0 Å². The number of hydrogen-bond donors (Lipinski definition) is 1. The van der Waals surface area contributed by atoms with Crippen molar-refractivity contribution in [3.8, 4) is 11.3 Å². The highest BCUT2D eigenvalue weighted by molar-refractivity contribution is 5.78. The number of benzene rings is 1. The molecule has 2 aliphatic rings. The summed E-state index contributed by atoms with van der Waals surface area (Å²) in [6, 6.07) is 11.1. The number of likely N-dealkylation sites (tertiary alicyclic amines) is 1. The lowest BCUT2D eigenvalue weighted by Crippen LogP contribution is -2.61. The van der Waals surface area contributed by atoms with E-state index >= 15 is 0 Å². The van der Waals surface area contributed by atoms with Crippen LogP contribution in [0.25, 0.3) is 11.3 Å². The summed E-state index contributed by atoms with van der Waals surface area (Å²) in [6.07, 6.45) is 9.33. The van der Waals surface area contributed by atoms with E-state index < -0.39 is 11.0 Å². The maximum Gasteiger partial charge on any atom is 0.253 e. The van der Waals surface area contributed by atoms with Crippen LogP contribution in [-0.2, 0) is 11.3 Å². The van der Waals surface area contributed by atoms with Crippen molar-refractivity contribution in [2.75, 3.05) is 13.1 Å². The van der Waals surface area contributed by atoms with Gasteiger partial charge in [0.15, 0.2) is 0 Å². The molecule has 1 unspecified atom stereocenters. The molecular weight excluding hydrogens is 426 g/mol. The van der Waals surface area contributed by atoms with Crippen molar-refractivity contribution in [2.24, 2.45) is 17.3 Å². The third kappa shape index (κ3) is 5.27. The molecule has 1 aromatic heterocycles. The summed E-state index contributed by atoms with van der Waals surface area (Å²) in [7, 11) is 0. The van der Waals surface area contributed by atoms with E-state index in [1.54, 1.807) is 0 Å². The molecule has 0 spiro atoms. The molecular formula is C28H39N3O3. The quantitative estimate of drug-likeness (QED) is 0.681. The van der Waals surface area contributed by atoms with E-state index in [0.717, 1.165) is 12.0 Å². The molecule has 4 rings (SSSR count). The lowest BCUT2D eigenvalue weighted by molar-refractivity contribution is -0.157. The van der Waals surface area contributed by atoms with Crippen LogP contribution in [0, 0.1) is 17.3 Å². The summed E-state index contributed by atoms with van der Waals surface area (Å²) in [5.41, 5.74) is -0.322. The first-order chi connectivity index (χ1) is 16.2. The summed E-state index contributed by atoms with van der Waals surface area (Å²) < 4.78 is 1.50. The van der Waals surface area contributed by atoms with E-state index in [1.807, 2.05) is 49.1 Å². The van der Waals surface area contributed by atoms with Crippen molar-refractivity contribution in [3.63, 3.8) is 0 Å². The van der Waals surface area contributed by atoms with E-state index in [4.69, 9.17) is 0 Å². The first kappa shape index (κ1) is 24.6. The Morgan fingerprint density at radius 3 is 2.53 bits per heavy atom. The fraction of sp³-hybridized carbons (Fsp3) is 0.607. The van der Waals surface area contributed by atoms with Crippen molar-refractivity contribution in [1.29, 1.82) is 0 Å². The Kier molecular flexibility index (Phi) is 7.27. The Hall–Kier alpha value is -2.47. The number of rotatable bonds is 6. The van der Waals surface area contributed by atoms with E-state index in [2.05, 4.69) is 11.9 Å². The Bertz CT molecular complexity index is 1040. The Labute approximate surface area is 203 Å². The highest BCUT2D eigenvalue weighted by atomic mass is 16.3. The second-order valence-electron chi connectivity index (χ2n) is 11.2. The molecule has 2 fully saturated rings. The van der Waals surface area contributed by atoms with Gasteiger partial charge in [-0.15, -0.1) is 0 Å². The van der Waals surface area contributed by atoms with Gasteiger partial charge in [-0.1, -0.05) is 83.2 Å². The molecule has 184 valence electrons. The topological polar surface area (TPSA) is 75.4 Å². The largest absolute Gasteiger partial charge is 0.387 e. The number of carbonyl (C=O) groups is 1. The van der Waals surface area contributed by atoms with E-state index in [9.17, 15) is 14.7 Å². The van der Waals surface area contributed by atoms with Crippen LogP contribution < -0.4 is 5.56 Å². The number of aromatic nitrogens is 2. The van der Waals surface area contributed by atoms with Crippen LogP contribution in [0.5, 0.6) is 0 Å². The molecule has 6 heteroatoms. The second kappa shape index (κ2) is 10.0. The van der Waals surface area contributed by atoms with Crippen LogP contribution in [0.3, 0.4) is 0 Å². The van der Waals surface area contributed by atoms with Gasteiger partial charge in [-0.2, -0.15) is 0 Å². The van der Waals surface area contributed by atoms with Crippen LogP contribution in [-0.4, -0.2) is 44.2 Å². The van der Waals surface area contributed by atoms with Gasteiger partial charge >= 0.3 is 0 Å². The van der Waals surface area contributed by atoms with Crippen molar-refractivity contribution < 1.29 is 9.90 Å². The van der Waals surface area contributed by atoms with E-state index in [0.29, 0.717) is 31.1 Å². The molecule has 1 saturated carbocycles. The van der Waals surface area contributed by atoms with Gasteiger partial charge < -0.3 is 10.0 Å². The first-order valence-corrected chi connectivity index (χ1v) is 12.8. The highest BCUT2D eigenvalue weighted by Gasteiger charge is 2.49. The molecule has 2 aromatic rings. The number of carbonyl (C=O) groups excluding carboxylic acids is 1. The van der Waals surface area contributed by atoms with Crippen LogP contribution in [0.1, 0.15) is 65.7 Å². The molecule has 0 radical (unpaired) electrons. The van der Waals surface area contributed by atoms with Crippen molar-refractivity contribution in [3.05, 3.63) is 53.1 Å². The summed E-state index contributed by atoms with van der Waals surface area (Å²) in [5, 5.41) is 11.6. The Morgan fingerprint density at radius 2 is 1.88 bits per heavy atom. The molecule has 2 atom stereocenters. The van der Waals surface area contributed by atoms with Gasteiger partial charge in [0.05, 0.1) is 24.2 Å². The molecule has 1 saturated heterocycles. The van der Waals surface area contributed by atoms with Crippen LogP contribution in [0.15, 0.2) is 47.5 Å². The van der Waals surface area contributed by atoms with Crippen molar-refractivity contribution in [2.45, 2.75) is 77.9 Å². The molecule has 1 N–H and O–H groups in total. The minimum absolute atomic E-state index is 0.0162. The molecule has 1 amide bonds. The summed E-state index contributed by atoms with van der Waals surface area (Å²) in [5.74, 6) is 0.884. The summed E-state index contributed by atoms with van der Waals surface area (Å²) in [4.78, 5) is 32.5. The number of aliphatic hydroxyl groups is 1. The molecule has 34 heavy (non-hydrogen) atoms. The summed E-state index contributed by atoms with van der Waals surface area (Å²) >= 11 is 0. The average molecular weight is 466 g/mol. The van der Waals surface area contributed by atoms with E-state index in [-0.39, 0.29) is 23.9 Å². The molecule has 0 bridgehead atoms. The SMILES string of the molecule is C[C@H](CC1CCCCC1)C(=O)N1CCC(O)(Cn2cnc(-c3ccccc3)cc2=O)C(C)(C)C1. The van der Waals surface area contributed by atoms with Crippen LogP contribution in [0.2, 0.25) is 0 Å². The maximum absolute atomic E-state index is 13.2. The van der Waals surface area contributed by atoms with Gasteiger partial charge in [-0.3, -0.25) is 14.2 Å². The second-order valence-corrected chi connectivity index (χ2v) is 11.2. The van der Waals surface area contributed by atoms with Gasteiger partial charge in [-0.25, -0.2) is 4.98 Å². The Morgan fingerprint density at radius 1 is 1.18 bits per heavy atom. The number of amides is 1. The fourth-order valence-corrected chi connectivity index (χ4v) is 5.77. The zero-order chi connectivity index (χ0) is 24.3. The molecule has 2 heterocycles. The molecule has 1 aromatic carbocycles. The number of piperidine rings is 1. The molecule has 6 nitrogen and oxygen atoms in total. The standard InChI is InChI=1S/C28H39N3O3/c1-21(16-22-10-6-4-7-11-22)26(33)30-15-14-28(34,27(2,3)18-30)19-31-20-29-24(17-25(31)32)23-12-8-5-9-13-23/h5,8-9,12-13,17,20-22,34H,4,6-7,10-11,14-16,18-19H2,1-3H3/t21-,28?/m1/s1. The smallest absolute Gasteiger partial charge is 0.253 e. The zero-order valence-corrected chi connectivity index (χ0v) is 20.9. The summed E-state index contributed by atoms with van der Waals surface area (Å²) in [6.45, 7) is 7.22. The van der Waals surface area contributed by atoms with Gasteiger partial charge in [0.25, 0.3) is 5.56 Å². The average Bonchev–Trinajstić information content (AvgIpc) is 2.83. The lowest BCUT2D eigenvalue weighted by atomic mass is 9.69. The number of hydrogen-bond acceptors (Lipinski definition) is 4. The molecule has 1 aliphatic carbocycles. The van der Waals surface area contributed by atoms with Crippen molar-refractivity contribution in [1.82, 2.24) is 14.5 Å². The van der Waals surface area contributed by atoms with Crippen LogP contribution in [0.4, 0.5) is 0 Å². The molecule has 1 aliphatic heterocycles. The zero-order valence-electron chi connectivity index (χ0n) is 20.9. The van der Waals surface area contributed by atoms with Crippen LogP contribution >= 0.6 is 0 Å². The minimum Gasteiger partial charge on any atom is -0.387 e. The highest BCUT2D eigenvalue weighted by Crippen LogP contribution is 2.40. The third-order valence-electron chi connectivity index (χ3n) is 8.17. The van der Waals surface area contributed by atoms with Gasteiger partial charge in [0.2, 0.25) is 5.91 Å². The first-order valence-electron chi connectivity index (χ1n) is 12.8. The fourth-order valence-electron chi connectivity index (χ4n) is 5.77. The third-order valence-corrected chi connectivity index (χ3v) is 8.17. The monoisotopic (exact) mass is 465 g/mol. The maximum atomic E-state index is 13.2. The van der Waals surface area contributed by atoms with Gasteiger partial charge in [-0.05, 0) is 18.8 Å². The van der Waals surface area contributed by atoms with Gasteiger partial charge in [0, 0.05) is 36.1 Å². The van der Waals surface area contributed by atoms with Crippen molar-refractivity contribution >= 4 is 5.91 Å².